The second kappa shape index (κ2) is 8.00. The van der Waals surface area contributed by atoms with Crippen LogP contribution in [-0.2, 0) is 13.0 Å². The van der Waals surface area contributed by atoms with Gasteiger partial charge in [0.2, 0.25) is 0 Å². The smallest absolute Gasteiger partial charge is 0.268 e. The molecular formula is C22H25N3O. The minimum Gasteiger partial charge on any atom is -0.350 e. The van der Waals surface area contributed by atoms with Gasteiger partial charge in [0, 0.05) is 37.1 Å². The lowest BCUT2D eigenvalue weighted by atomic mass is 10.1. The summed E-state index contributed by atoms with van der Waals surface area (Å²) in [7, 11) is 0. The van der Waals surface area contributed by atoms with E-state index in [0.29, 0.717) is 13.1 Å². The monoisotopic (exact) mass is 347 g/mol. The molecule has 0 radical (unpaired) electrons. The number of aryl methyl sites for hydroxylation is 3. The lowest BCUT2D eigenvalue weighted by Gasteiger charge is -2.13. The van der Waals surface area contributed by atoms with E-state index in [2.05, 4.69) is 52.1 Å². The Labute approximate surface area is 154 Å². The van der Waals surface area contributed by atoms with Crippen molar-refractivity contribution in [1.29, 1.82) is 0 Å². The van der Waals surface area contributed by atoms with E-state index in [1.165, 1.54) is 11.1 Å². The fourth-order valence-corrected chi connectivity index (χ4v) is 3.16. The van der Waals surface area contributed by atoms with Gasteiger partial charge < -0.3 is 9.88 Å². The molecule has 2 aromatic heterocycles. The third-order valence-electron chi connectivity index (χ3n) is 4.56. The van der Waals surface area contributed by atoms with Crippen molar-refractivity contribution in [1.82, 2.24) is 14.9 Å². The molecule has 0 saturated heterocycles. The number of hydrogen-bond donors (Lipinski definition) is 1. The highest BCUT2D eigenvalue weighted by Crippen LogP contribution is 2.17. The molecule has 0 spiro atoms. The summed E-state index contributed by atoms with van der Waals surface area (Å²) in [6.07, 6.45) is 2.50. The van der Waals surface area contributed by atoms with E-state index in [0.717, 1.165) is 29.1 Å². The Morgan fingerprint density at radius 1 is 1.08 bits per heavy atom. The first-order valence-electron chi connectivity index (χ1n) is 8.95. The molecule has 2 heterocycles. The van der Waals surface area contributed by atoms with Crippen molar-refractivity contribution in [3.05, 3.63) is 88.5 Å². The summed E-state index contributed by atoms with van der Waals surface area (Å²) >= 11 is 0. The first-order valence-corrected chi connectivity index (χ1v) is 8.95. The fraction of sp³-hybridized carbons (Fsp3) is 0.273. The lowest BCUT2D eigenvalue weighted by molar-refractivity contribution is 0.0944. The molecule has 0 fully saturated rings. The SMILES string of the molecule is Cc1ccc(Cn2c(C)cc(C)c2C(=O)NCCc2ccccn2)cc1. The number of nitrogens with one attached hydrogen (secondary N) is 1. The highest BCUT2D eigenvalue weighted by atomic mass is 16.1. The van der Waals surface area contributed by atoms with Crippen LogP contribution < -0.4 is 5.32 Å². The van der Waals surface area contributed by atoms with Crippen molar-refractivity contribution in [2.45, 2.75) is 33.7 Å². The molecule has 0 aliphatic carbocycles. The maximum atomic E-state index is 12.8. The molecule has 134 valence electrons. The Bertz CT molecular complexity index is 880. The van der Waals surface area contributed by atoms with Crippen LogP contribution in [0.3, 0.4) is 0 Å². The van der Waals surface area contributed by atoms with Crippen LogP contribution in [0.4, 0.5) is 0 Å². The van der Waals surface area contributed by atoms with Crippen molar-refractivity contribution < 1.29 is 4.79 Å². The van der Waals surface area contributed by atoms with Crippen molar-refractivity contribution >= 4 is 5.91 Å². The number of aromatic nitrogens is 2. The number of benzene rings is 1. The number of nitrogens with zero attached hydrogens (tertiary/aromatic N) is 2. The largest absolute Gasteiger partial charge is 0.350 e. The van der Waals surface area contributed by atoms with Gasteiger partial charge in [0.05, 0.1) is 0 Å². The van der Waals surface area contributed by atoms with Gasteiger partial charge in [0.1, 0.15) is 5.69 Å². The molecule has 1 N–H and O–H groups in total. The number of amides is 1. The highest BCUT2D eigenvalue weighted by Gasteiger charge is 2.17. The molecule has 3 rings (SSSR count). The van der Waals surface area contributed by atoms with Crippen LogP contribution >= 0.6 is 0 Å². The van der Waals surface area contributed by atoms with Gasteiger partial charge in [-0.3, -0.25) is 9.78 Å². The van der Waals surface area contributed by atoms with Gasteiger partial charge in [-0.05, 0) is 50.1 Å². The molecule has 1 amide bonds. The molecule has 0 atom stereocenters. The lowest BCUT2D eigenvalue weighted by Crippen LogP contribution is -2.29. The average Bonchev–Trinajstić information content (AvgIpc) is 2.91. The second-order valence-corrected chi connectivity index (χ2v) is 6.72. The Hall–Kier alpha value is -2.88. The summed E-state index contributed by atoms with van der Waals surface area (Å²) < 4.78 is 2.09. The third kappa shape index (κ3) is 4.20. The Kier molecular flexibility index (Phi) is 5.52. The first kappa shape index (κ1) is 17.9. The van der Waals surface area contributed by atoms with Crippen LogP contribution in [0, 0.1) is 20.8 Å². The Morgan fingerprint density at radius 2 is 1.85 bits per heavy atom. The fourth-order valence-electron chi connectivity index (χ4n) is 3.16. The predicted octanol–water partition coefficient (Wildman–Crippen LogP) is 3.83. The molecule has 0 aliphatic heterocycles. The molecule has 0 aliphatic rings. The number of rotatable bonds is 6. The maximum Gasteiger partial charge on any atom is 0.268 e. The van der Waals surface area contributed by atoms with Crippen molar-refractivity contribution in [3.8, 4) is 0 Å². The van der Waals surface area contributed by atoms with Gasteiger partial charge in [-0.1, -0.05) is 35.9 Å². The van der Waals surface area contributed by atoms with Gasteiger partial charge in [0.15, 0.2) is 0 Å². The summed E-state index contributed by atoms with van der Waals surface area (Å²) in [4.78, 5) is 17.1. The van der Waals surface area contributed by atoms with Crippen LogP contribution in [0.15, 0.2) is 54.7 Å². The first-order chi connectivity index (χ1) is 12.5. The predicted molar refractivity (Wildman–Crippen MR) is 104 cm³/mol. The van der Waals surface area contributed by atoms with E-state index in [-0.39, 0.29) is 5.91 Å². The van der Waals surface area contributed by atoms with Gasteiger partial charge in [-0.15, -0.1) is 0 Å². The molecule has 1 aromatic carbocycles. The average molecular weight is 347 g/mol. The second-order valence-electron chi connectivity index (χ2n) is 6.72. The van der Waals surface area contributed by atoms with E-state index >= 15 is 0 Å². The molecule has 26 heavy (non-hydrogen) atoms. The number of pyridine rings is 1. The molecule has 4 nitrogen and oxygen atoms in total. The van der Waals surface area contributed by atoms with Crippen LogP contribution in [0.5, 0.6) is 0 Å². The summed E-state index contributed by atoms with van der Waals surface area (Å²) in [6.45, 7) is 7.39. The summed E-state index contributed by atoms with van der Waals surface area (Å²) in [5, 5.41) is 3.04. The van der Waals surface area contributed by atoms with Crippen LogP contribution in [-0.4, -0.2) is 22.0 Å². The Balaban J connectivity index is 1.72. The highest BCUT2D eigenvalue weighted by molar-refractivity contribution is 5.94. The van der Waals surface area contributed by atoms with E-state index in [4.69, 9.17) is 0 Å². The van der Waals surface area contributed by atoms with Crippen LogP contribution in [0.1, 0.15) is 38.6 Å². The topological polar surface area (TPSA) is 46.9 Å². The van der Waals surface area contributed by atoms with E-state index in [1.807, 2.05) is 32.0 Å². The Morgan fingerprint density at radius 3 is 2.54 bits per heavy atom. The van der Waals surface area contributed by atoms with Crippen molar-refractivity contribution in [2.75, 3.05) is 6.54 Å². The summed E-state index contributed by atoms with van der Waals surface area (Å²) in [5.41, 5.74) is 6.25. The summed E-state index contributed by atoms with van der Waals surface area (Å²) in [5.74, 6) is -0.0290. The maximum absolute atomic E-state index is 12.8. The third-order valence-corrected chi connectivity index (χ3v) is 4.56. The van der Waals surface area contributed by atoms with Crippen molar-refractivity contribution in [2.24, 2.45) is 0 Å². The molecular weight excluding hydrogens is 322 g/mol. The van der Waals surface area contributed by atoms with Crippen molar-refractivity contribution in [3.63, 3.8) is 0 Å². The zero-order valence-corrected chi connectivity index (χ0v) is 15.6. The quantitative estimate of drug-likeness (QED) is 0.737. The van der Waals surface area contributed by atoms with Gasteiger partial charge in [0.25, 0.3) is 5.91 Å². The standard InChI is InChI=1S/C22H25N3O/c1-16-7-9-19(10-8-16)15-25-18(3)14-17(2)21(25)22(26)24-13-11-20-6-4-5-12-23-20/h4-10,12,14H,11,13,15H2,1-3H3,(H,24,26). The molecule has 0 saturated carbocycles. The zero-order chi connectivity index (χ0) is 18.5. The van der Waals surface area contributed by atoms with Gasteiger partial charge >= 0.3 is 0 Å². The number of hydrogen-bond acceptors (Lipinski definition) is 2. The van der Waals surface area contributed by atoms with Gasteiger partial charge in [-0.2, -0.15) is 0 Å². The van der Waals surface area contributed by atoms with E-state index < -0.39 is 0 Å². The van der Waals surface area contributed by atoms with E-state index in [9.17, 15) is 4.79 Å². The number of carbonyl (C=O) groups excluding carboxylic acids is 1. The zero-order valence-electron chi connectivity index (χ0n) is 15.6. The number of carbonyl (C=O) groups is 1. The van der Waals surface area contributed by atoms with E-state index in [1.54, 1.807) is 6.20 Å². The molecule has 0 bridgehead atoms. The normalized spacial score (nSPS) is 10.7. The summed E-state index contributed by atoms with van der Waals surface area (Å²) in [6, 6.07) is 16.3. The molecule has 3 aromatic rings. The van der Waals surface area contributed by atoms with Crippen LogP contribution in [0.25, 0.3) is 0 Å². The van der Waals surface area contributed by atoms with Gasteiger partial charge in [-0.25, -0.2) is 0 Å². The minimum absolute atomic E-state index is 0.0290. The minimum atomic E-state index is -0.0290. The molecule has 0 unspecified atom stereocenters. The molecule has 4 heteroatoms. The van der Waals surface area contributed by atoms with Crippen LogP contribution in [0.2, 0.25) is 0 Å².